The van der Waals surface area contributed by atoms with Crippen LogP contribution in [0.5, 0.6) is 0 Å². The van der Waals surface area contributed by atoms with Gasteiger partial charge in [0.25, 0.3) is 0 Å². The molecule has 0 spiro atoms. The van der Waals surface area contributed by atoms with E-state index in [1.807, 2.05) is 0 Å². The third-order valence-electron chi connectivity index (χ3n) is 6.77. The normalized spacial score (nSPS) is 26.6. The Bertz CT molecular complexity index is 265. The van der Waals surface area contributed by atoms with Crippen LogP contribution in [0.4, 0.5) is 0 Å². The highest BCUT2D eigenvalue weighted by atomic mass is 14.3. The molecule has 4 atom stereocenters. The van der Waals surface area contributed by atoms with Crippen LogP contribution >= 0.6 is 0 Å². The van der Waals surface area contributed by atoms with Crippen LogP contribution in [0, 0.1) is 29.1 Å². The smallest absolute Gasteiger partial charge is 0.0329 e. The summed E-state index contributed by atoms with van der Waals surface area (Å²) in [5.41, 5.74) is 0.536. The minimum atomic E-state index is 0.536. The minimum Gasteiger partial charge on any atom is -0.0654 e. The Morgan fingerprint density at radius 2 is 1.76 bits per heavy atom. The Hall–Kier alpha value is 0. The maximum Gasteiger partial charge on any atom is -0.0329 e. The van der Waals surface area contributed by atoms with Crippen molar-refractivity contribution in [1.82, 2.24) is 0 Å². The largest absolute Gasteiger partial charge is 0.0654 e. The second-order valence-corrected chi connectivity index (χ2v) is 8.75. The molecular formula is C21H42. The molecule has 0 amide bonds. The summed E-state index contributed by atoms with van der Waals surface area (Å²) in [5.74, 6) is 3.88. The molecule has 0 aromatic carbocycles. The van der Waals surface area contributed by atoms with Gasteiger partial charge in [0.05, 0.1) is 0 Å². The Labute approximate surface area is 135 Å². The lowest BCUT2D eigenvalue weighted by atomic mass is 9.70. The van der Waals surface area contributed by atoms with Gasteiger partial charge in [-0.2, -0.15) is 0 Å². The van der Waals surface area contributed by atoms with E-state index in [1.165, 1.54) is 64.2 Å². The van der Waals surface area contributed by atoms with Crippen molar-refractivity contribution in [3.63, 3.8) is 0 Å². The van der Waals surface area contributed by atoms with E-state index < -0.39 is 0 Å². The molecule has 0 aromatic heterocycles. The van der Waals surface area contributed by atoms with Crippen LogP contribution in [0.1, 0.15) is 106 Å². The first-order valence-electron chi connectivity index (χ1n) is 9.90. The van der Waals surface area contributed by atoms with Crippen LogP contribution < -0.4 is 0 Å². The number of unbranched alkanes of at least 4 members (excludes halogenated alkanes) is 1. The topological polar surface area (TPSA) is 0 Å². The van der Waals surface area contributed by atoms with Crippen molar-refractivity contribution < 1.29 is 0 Å². The van der Waals surface area contributed by atoms with Gasteiger partial charge in [-0.05, 0) is 48.3 Å². The quantitative estimate of drug-likeness (QED) is 0.413. The average Bonchev–Trinajstić information content (AvgIpc) is 2.50. The monoisotopic (exact) mass is 294 g/mol. The molecule has 0 heteroatoms. The van der Waals surface area contributed by atoms with Crippen molar-refractivity contribution in [2.45, 2.75) is 106 Å². The summed E-state index contributed by atoms with van der Waals surface area (Å²) in [6, 6.07) is 0. The zero-order valence-electron chi connectivity index (χ0n) is 15.9. The summed E-state index contributed by atoms with van der Waals surface area (Å²) >= 11 is 0. The van der Waals surface area contributed by atoms with Gasteiger partial charge < -0.3 is 0 Å². The highest BCUT2D eigenvalue weighted by Crippen LogP contribution is 2.40. The van der Waals surface area contributed by atoms with E-state index in [2.05, 4.69) is 41.5 Å². The first-order chi connectivity index (χ1) is 9.90. The van der Waals surface area contributed by atoms with Crippen molar-refractivity contribution in [3.8, 4) is 0 Å². The number of hydrogen-bond acceptors (Lipinski definition) is 0. The van der Waals surface area contributed by atoms with E-state index in [0.717, 1.165) is 23.7 Å². The third kappa shape index (κ3) is 6.33. The van der Waals surface area contributed by atoms with Crippen molar-refractivity contribution >= 4 is 0 Å². The molecule has 1 rings (SSSR count). The van der Waals surface area contributed by atoms with Crippen LogP contribution in [0.3, 0.4) is 0 Å². The summed E-state index contributed by atoms with van der Waals surface area (Å²) in [4.78, 5) is 0. The maximum atomic E-state index is 2.54. The Morgan fingerprint density at radius 1 is 1.05 bits per heavy atom. The van der Waals surface area contributed by atoms with Crippen molar-refractivity contribution in [2.75, 3.05) is 0 Å². The minimum absolute atomic E-state index is 0.536. The first-order valence-corrected chi connectivity index (χ1v) is 9.90. The standard InChI is InChI=1S/C21H42/c1-7-9-15-21(5,6)18(4)14-13-17(3)20-12-10-11-19(8-2)16-20/h17-20H,7-16H2,1-6H3. The van der Waals surface area contributed by atoms with E-state index in [4.69, 9.17) is 0 Å². The molecule has 0 saturated heterocycles. The van der Waals surface area contributed by atoms with Gasteiger partial charge in [-0.15, -0.1) is 0 Å². The zero-order valence-corrected chi connectivity index (χ0v) is 15.9. The lowest BCUT2D eigenvalue weighted by Gasteiger charge is -2.36. The number of rotatable bonds is 9. The molecule has 1 aliphatic carbocycles. The fraction of sp³-hybridized carbons (Fsp3) is 1.00. The van der Waals surface area contributed by atoms with Crippen LogP contribution in [0.2, 0.25) is 0 Å². The second kappa shape index (κ2) is 9.21. The van der Waals surface area contributed by atoms with Gasteiger partial charge in [0, 0.05) is 0 Å². The van der Waals surface area contributed by atoms with Crippen molar-refractivity contribution in [1.29, 1.82) is 0 Å². The molecule has 1 fully saturated rings. The highest BCUT2D eigenvalue weighted by Gasteiger charge is 2.28. The van der Waals surface area contributed by atoms with Crippen LogP contribution in [0.15, 0.2) is 0 Å². The summed E-state index contributed by atoms with van der Waals surface area (Å²) in [6.07, 6.45) is 14.5. The lowest BCUT2D eigenvalue weighted by Crippen LogP contribution is -2.25. The molecule has 0 radical (unpaired) electrons. The van der Waals surface area contributed by atoms with E-state index in [0.29, 0.717) is 5.41 Å². The molecule has 0 bridgehead atoms. The van der Waals surface area contributed by atoms with E-state index >= 15 is 0 Å². The molecule has 4 unspecified atom stereocenters. The van der Waals surface area contributed by atoms with Crippen LogP contribution in [0.25, 0.3) is 0 Å². The predicted molar refractivity (Wildman–Crippen MR) is 96.6 cm³/mol. The Kier molecular flexibility index (Phi) is 8.35. The Morgan fingerprint density at radius 3 is 2.38 bits per heavy atom. The van der Waals surface area contributed by atoms with E-state index in [-0.39, 0.29) is 0 Å². The molecule has 0 nitrogen and oxygen atoms in total. The molecule has 0 heterocycles. The molecule has 1 saturated carbocycles. The zero-order chi connectivity index (χ0) is 15.9. The highest BCUT2D eigenvalue weighted by molar-refractivity contribution is 4.79. The summed E-state index contributed by atoms with van der Waals surface area (Å²) < 4.78 is 0. The number of hydrogen-bond donors (Lipinski definition) is 0. The van der Waals surface area contributed by atoms with Gasteiger partial charge in [-0.25, -0.2) is 0 Å². The fourth-order valence-corrected chi connectivity index (χ4v) is 4.24. The molecular weight excluding hydrogens is 252 g/mol. The van der Waals surface area contributed by atoms with Crippen molar-refractivity contribution in [3.05, 3.63) is 0 Å². The van der Waals surface area contributed by atoms with Crippen molar-refractivity contribution in [2.24, 2.45) is 29.1 Å². The third-order valence-corrected chi connectivity index (χ3v) is 6.77. The van der Waals surface area contributed by atoms with Crippen LogP contribution in [-0.2, 0) is 0 Å². The summed E-state index contributed by atoms with van der Waals surface area (Å²) in [7, 11) is 0. The van der Waals surface area contributed by atoms with Gasteiger partial charge >= 0.3 is 0 Å². The molecule has 1 aliphatic rings. The first kappa shape index (κ1) is 19.0. The average molecular weight is 295 g/mol. The summed E-state index contributed by atoms with van der Waals surface area (Å²) in [5, 5.41) is 0. The predicted octanol–water partition coefficient (Wildman–Crippen LogP) is 7.47. The van der Waals surface area contributed by atoms with Gasteiger partial charge in [0.2, 0.25) is 0 Å². The van der Waals surface area contributed by atoms with Gasteiger partial charge in [0.15, 0.2) is 0 Å². The molecule has 0 N–H and O–H groups in total. The maximum absolute atomic E-state index is 2.54. The molecule has 0 aliphatic heterocycles. The molecule has 21 heavy (non-hydrogen) atoms. The van der Waals surface area contributed by atoms with Crippen LogP contribution in [-0.4, -0.2) is 0 Å². The van der Waals surface area contributed by atoms with E-state index in [9.17, 15) is 0 Å². The lowest BCUT2D eigenvalue weighted by molar-refractivity contribution is 0.155. The fourth-order valence-electron chi connectivity index (χ4n) is 4.24. The Balaban J connectivity index is 2.35. The molecule has 0 aromatic rings. The van der Waals surface area contributed by atoms with Gasteiger partial charge in [-0.3, -0.25) is 0 Å². The van der Waals surface area contributed by atoms with Gasteiger partial charge in [-0.1, -0.05) is 86.5 Å². The SMILES string of the molecule is CCCCC(C)(C)C(C)CCC(C)C1CCCC(CC)C1. The second-order valence-electron chi connectivity index (χ2n) is 8.75. The van der Waals surface area contributed by atoms with Gasteiger partial charge in [0.1, 0.15) is 0 Å². The summed E-state index contributed by atoms with van der Waals surface area (Å²) in [6.45, 7) is 14.7. The molecule has 126 valence electrons. The van der Waals surface area contributed by atoms with E-state index in [1.54, 1.807) is 0 Å².